The molecule has 110 valence electrons. The van der Waals surface area contributed by atoms with Gasteiger partial charge in [-0.3, -0.25) is 9.69 Å². The highest BCUT2D eigenvalue weighted by Crippen LogP contribution is 2.38. The average Bonchev–Trinajstić information content (AvgIpc) is 3.10. The summed E-state index contributed by atoms with van der Waals surface area (Å²) < 4.78 is 0. The minimum Gasteiger partial charge on any atom is -0.349 e. The quantitative estimate of drug-likeness (QED) is 0.928. The third-order valence-electron chi connectivity index (χ3n) is 4.74. The molecule has 1 aromatic rings. The maximum atomic E-state index is 12.4. The van der Waals surface area contributed by atoms with Crippen LogP contribution in [-0.4, -0.2) is 41.0 Å². The number of hydrogen-bond donors (Lipinski definition) is 1. The van der Waals surface area contributed by atoms with Crippen molar-refractivity contribution in [1.29, 1.82) is 0 Å². The molecule has 1 N–H and O–H groups in total. The van der Waals surface area contributed by atoms with Crippen molar-refractivity contribution < 1.29 is 4.79 Å². The number of hydrogen-bond acceptors (Lipinski definition) is 4. The van der Waals surface area contributed by atoms with Gasteiger partial charge in [-0.05, 0) is 44.7 Å². The highest BCUT2D eigenvalue weighted by molar-refractivity contribution is 7.11. The lowest BCUT2D eigenvalue weighted by molar-refractivity contribution is 0.0922. The largest absolute Gasteiger partial charge is 0.349 e. The molecular formula is C15H23N3OS. The smallest absolute Gasteiger partial charge is 0.263 e. The summed E-state index contributed by atoms with van der Waals surface area (Å²) in [4.78, 5) is 20.1. The first-order valence-electron chi connectivity index (χ1n) is 7.59. The standard InChI is InChI=1S/C15H23N3OS/c1-11(2)12-13(20-10-17-12)14(19)16-9-15-5-3-7-18(15)8-4-6-15/h10-11H,3-9H2,1-2H3,(H,16,19). The number of carbonyl (C=O) groups excluding carboxylic acids is 1. The Morgan fingerprint density at radius 2 is 2.15 bits per heavy atom. The molecule has 1 aromatic heterocycles. The van der Waals surface area contributed by atoms with Crippen LogP contribution in [0, 0.1) is 0 Å². The van der Waals surface area contributed by atoms with Gasteiger partial charge in [0, 0.05) is 12.1 Å². The van der Waals surface area contributed by atoms with Crippen molar-refractivity contribution >= 4 is 17.2 Å². The summed E-state index contributed by atoms with van der Waals surface area (Å²) in [6.07, 6.45) is 5.00. The van der Waals surface area contributed by atoms with Crippen LogP contribution in [0.4, 0.5) is 0 Å². The van der Waals surface area contributed by atoms with Gasteiger partial charge in [0.25, 0.3) is 5.91 Å². The van der Waals surface area contributed by atoms with Gasteiger partial charge >= 0.3 is 0 Å². The maximum absolute atomic E-state index is 12.4. The van der Waals surface area contributed by atoms with Gasteiger partial charge in [0.15, 0.2) is 0 Å². The van der Waals surface area contributed by atoms with Gasteiger partial charge in [-0.2, -0.15) is 0 Å². The second-order valence-corrected chi connectivity index (χ2v) is 7.18. The third kappa shape index (κ3) is 2.37. The Balaban J connectivity index is 1.66. The van der Waals surface area contributed by atoms with Crippen molar-refractivity contribution in [2.45, 2.75) is 51.0 Å². The predicted molar refractivity (Wildman–Crippen MR) is 81.3 cm³/mol. The van der Waals surface area contributed by atoms with E-state index in [2.05, 4.69) is 29.0 Å². The zero-order valence-electron chi connectivity index (χ0n) is 12.3. The van der Waals surface area contributed by atoms with Gasteiger partial charge in [0.1, 0.15) is 4.88 Å². The summed E-state index contributed by atoms with van der Waals surface area (Å²) in [6, 6.07) is 0. The van der Waals surface area contributed by atoms with Crippen molar-refractivity contribution in [3.8, 4) is 0 Å². The molecule has 0 aromatic carbocycles. The molecule has 0 aliphatic carbocycles. The molecule has 0 atom stereocenters. The van der Waals surface area contributed by atoms with Crippen LogP contribution in [0.3, 0.4) is 0 Å². The van der Waals surface area contributed by atoms with Crippen molar-refractivity contribution in [2.24, 2.45) is 0 Å². The Hall–Kier alpha value is -0.940. The first-order valence-corrected chi connectivity index (χ1v) is 8.47. The molecule has 5 heteroatoms. The molecular weight excluding hydrogens is 270 g/mol. The number of nitrogens with one attached hydrogen (secondary N) is 1. The lowest BCUT2D eigenvalue weighted by Gasteiger charge is -2.32. The first-order chi connectivity index (χ1) is 9.62. The van der Waals surface area contributed by atoms with Crippen LogP contribution in [0.5, 0.6) is 0 Å². The van der Waals surface area contributed by atoms with Gasteiger partial charge in [-0.1, -0.05) is 13.8 Å². The van der Waals surface area contributed by atoms with E-state index in [1.54, 1.807) is 5.51 Å². The Kier molecular flexibility index (Phi) is 3.82. The molecule has 0 unspecified atom stereocenters. The fourth-order valence-electron chi connectivity index (χ4n) is 3.67. The molecule has 4 nitrogen and oxygen atoms in total. The summed E-state index contributed by atoms with van der Waals surface area (Å²) in [5.74, 6) is 0.360. The monoisotopic (exact) mass is 293 g/mol. The van der Waals surface area contributed by atoms with E-state index in [0.717, 1.165) is 17.1 Å². The van der Waals surface area contributed by atoms with Crippen molar-refractivity contribution in [2.75, 3.05) is 19.6 Å². The maximum Gasteiger partial charge on any atom is 0.263 e. The van der Waals surface area contributed by atoms with Crippen LogP contribution in [-0.2, 0) is 0 Å². The van der Waals surface area contributed by atoms with E-state index in [1.807, 2.05) is 0 Å². The van der Waals surface area contributed by atoms with E-state index < -0.39 is 0 Å². The number of thiazole rings is 1. The molecule has 0 spiro atoms. The van der Waals surface area contributed by atoms with Crippen LogP contribution in [0.1, 0.15) is 60.8 Å². The number of aromatic nitrogens is 1. The Morgan fingerprint density at radius 3 is 2.80 bits per heavy atom. The van der Waals surface area contributed by atoms with Crippen molar-refractivity contribution in [3.05, 3.63) is 16.1 Å². The fraction of sp³-hybridized carbons (Fsp3) is 0.733. The Bertz CT molecular complexity index is 487. The average molecular weight is 293 g/mol. The van der Waals surface area contributed by atoms with E-state index >= 15 is 0 Å². The van der Waals surface area contributed by atoms with Crippen LogP contribution in [0.2, 0.25) is 0 Å². The number of fused-ring (bicyclic) bond motifs is 1. The van der Waals surface area contributed by atoms with Crippen LogP contribution in [0.25, 0.3) is 0 Å². The normalized spacial score (nSPS) is 21.4. The van der Waals surface area contributed by atoms with E-state index in [9.17, 15) is 4.79 Å². The third-order valence-corrected chi connectivity index (χ3v) is 5.58. The minimum absolute atomic E-state index is 0.0596. The van der Waals surface area contributed by atoms with E-state index in [4.69, 9.17) is 0 Å². The summed E-state index contributed by atoms with van der Waals surface area (Å²) in [5, 5.41) is 3.17. The Morgan fingerprint density at radius 1 is 1.45 bits per heavy atom. The summed E-state index contributed by atoms with van der Waals surface area (Å²) >= 11 is 1.45. The summed E-state index contributed by atoms with van der Waals surface area (Å²) in [5.41, 5.74) is 2.96. The summed E-state index contributed by atoms with van der Waals surface area (Å²) in [7, 11) is 0. The molecule has 0 saturated carbocycles. The zero-order chi connectivity index (χ0) is 14.2. The first kappa shape index (κ1) is 14.0. The predicted octanol–water partition coefficient (Wildman–Crippen LogP) is 2.62. The minimum atomic E-state index is 0.0596. The zero-order valence-corrected chi connectivity index (χ0v) is 13.1. The molecule has 20 heavy (non-hydrogen) atoms. The highest BCUT2D eigenvalue weighted by Gasteiger charge is 2.44. The molecule has 0 bridgehead atoms. The number of carbonyl (C=O) groups is 1. The Labute approximate surface area is 124 Å². The van der Waals surface area contributed by atoms with Gasteiger partial charge in [-0.15, -0.1) is 11.3 Å². The SMILES string of the molecule is CC(C)c1ncsc1C(=O)NCC12CCCN1CCC2. The molecule has 2 aliphatic rings. The lowest BCUT2D eigenvalue weighted by Crippen LogP contribution is -2.48. The number of nitrogens with zero attached hydrogens (tertiary/aromatic N) is 2. The summed E-state index contributed by atoms with van der Waals surface area (Å²) in [6.45, 7) is 7.36. The van der Waals surface area contributed by atoms with Gasteiger partial charge < -0.3 is 5.32 Å². The van der Waals surface area contributed by atoms with E-state index in [1.165, 1.54) is 50.1 Å². The van der Waals surface area contributed by atoms with E-state index in [0.29, 0.717) is 5.92 Å². The second-order valence-electron chi connectivity index (χ2n) is 6.32. The fourth-order valence-corrected chi connectivity index (χ4v) is 4.53. The van der Waals surface area contributed by atoms with Gasteiger partial charge in [0.05, 0.1) is 11.2 Å². The van der Waals surface area contributed by atoms with Crippen molar-refractivity contribution in [3.63, 3.8) is 0 Å². The van der Waals surface area contributed by atoms with Crippen molar-refractivity contribution in [1.82, 2.24) is 15.2 Å². The topological polar surface area (TPSA) is 45.2 Å². The molecule has 2 aliphatic heterocycles. The molecule has 2 fully saturated rings. The molecule has 3 heterocycles. The van der Waals surface area contributed by atoms with Gasteiger partial charge in [-0.25, -0.2) is 4.98 Å². The molecule has 3 rings (SSSR count). The molecule has 0 radical (unpaired) electrons. The van der Waals surface area contributed by atoms with Crippen LogP contribution >= 0.6 is 11.3 Å². The number of amides is 1. The molecule has 1 amide bonds. The number of rotatable bonds is 4. The van der Waals surface area contributed by atoms with Crippen LogP contribution in [0.15, 0.2) is 5.51 Å². The van der Waals surface area contributed by atoms with E-state index in [-0.39, 0.29) is 11.4 Å². The second kappa shape index (κ2) is 5.45. The molecule has 2 saturated heterocycles. The van der Waals surface area contributed by atoms with Crippen LogP contribution < -0.4 is 5.32 Å². The highest BCUT2D eigenvalue weighted by atomic mass is 32.1. The lowest BCUT2D eigenvalue weighted by atomic mass is 9.94. The van der Waals surface area contributed by atoms with Gasteiger partial charge in [0.2, 0.25) is 0 Å².